The Labute approximate surface area is 181 Å². The zero-order valence-corrected chi connectivity index (χ0v) is 17.4. The van der Waals surface area contributed by atoms with Gasteiger partial charge in [0.1, 0.15) is 5.82 Å². The number of aromatic nitrogens is 2. The lowest BCUT2D eigenvalue weighted by Crippen LogP contribution is -2.37. The van der Waals surface area contributed by atoms with Crippen LogP contribution < -0.4 is 15.9 Å². The summed E-state index contributed by atoms with van der Waals surface area (Å²) in [6, 6.07) is 10.0. The summed E-state index contributed by atoms with van der Waals surface area (Å²) in [5, 5.41) is 3.12. The van der Waals surface area contributed by atoms with Gasteiger partial charge in [-0.25, -0.2) is 9.59 Å². The third-order valence-corrected chi connectivity index (χ3v) is 5.55. The molecule has 1 fully saturated rings. The minimum absolute atomic E-state index is 0.119. The Morgan fingerprint density at radius 2 is 1.97 bits per heavy atom. The van der Waals surface area contributed by atoms with Crippen molar-refractivity contribution < 1.29 is 22.7 Å². The van der Waals surface area contributed by atoms with Crippen LogP contribution in [0.25, 0.3) is 16.6 Å². The second kappa shape index (κ2) is 8.18. The summed E-state index contributed by atoms with van der Waals surface area (Å²) in [6.45, 7) is 2.61. The monoisotopic (exact) mass is 446 g/mol. The standard InChI is InChI=1S/C22H21F3N4O3/c1-13-5-3-4-6-17(13)29-18-11-14(22(23,24)25)7-8-16(18)19(27-20(29)30)28-10-9-15(12-28)26-21(31)32-2/h3-8,11,15H,9-10,12H2,1-2H3,(H,26,31)/t15-/m0/s1. The second-order valence-electron chi connectivity index (χ2n) is 7.64. The number of hydrogen-bond donors (Lipinski definition) is 1. The lowest BCUT2D eigenvalue weighted by molar-refractivity contribution is -0.137. The van der Waals surface area contributed by atoms with Crippen molar-refractivity contribution in [1.82, 2.24) is 14.9 Å². The highest BCUT2D eigenvalue weighted by Crippen LogP contribution is 2.34. The molecule has 0 bridgehead atoms. The van der Waals surface area contributed by atoms with E-state index in [0.717, 1.165) is 17.7 Å². The van der Waals surface area contributed by atoms with Crippen molar-refractivity contribution in [2.24, 2.45) is 0 Å². The fourth-order valence-corrected chi connectivity index (χ4v) is 3.97. The molecule has 0 saturated carbocycles. The number of carbonyl (C=O) groups excluding carboxylic acids is 1. The highest BCUT2D eigenvalue weighted by Gasteiger charge is 2.32. The van der Waals surface area contributed by atoms with Crippen molar-refractivity contribution in [3.63, 3.8) is 0 Å². The summed E-state index contributed by atoms with van der Waals surface area (Å²) < 4.78 is 46.2. The number of para-hydroxylation sites is 1. The maximum atomic E-state index is 13.5. The predicted molar refractivity (Wildman–Crippen MR) is 113 cm³/mol. The first-order valence-corrected chi connectivity index (χ1v) is 9.98. The summed E-state index contributed by atoms with van der Waals surface area (Å²) in [5.41, 5.74) is -0.214. The Morgan fingerprint density at radius 1 is 1.22 bits per heavy atom. The van der Waals surface area contributed by atoms with Crippen LogP contribution >= 0.6 is 0 Å². The highest BCUT2D eigenvalue weighted by atomic mass is 19.4. The molecule has 1 aliphatic heterocycles. The number of benzene rings is 2. The molecule has 1 saturated heterocycles. The number of alkyl halides is 3. The number of nitrogens with one attached hydrogen (secondary N) is 1. The van der Waals surface area contributed by atoms with E-state index in [4.69, 9.17) is 0 Å². The molecular formula is C22H21F3N4O3. The number of hydrogen-bond acceptors (Lipinski definition) is 5. The van der Waals surface area contributed by atoms with E-state index in [-0.39, 0.29) is 17.4 Å². The fourth-order valence-electron chi connectivity index (χ4n) is 3.97. The van der Waals surface area contributed by atoms with Crippen molar-refractivity contribution in [2.75, 3.05) is 25.1 Å². The van der Waals surface area contributed by atoms with E-state index in [9.17, 15) is 22.8 Å². The highest BCUT2D eigenvalue weighted by molar-refractivity contribution is 5.91. The van der Waals surface area contributed by atoms with Gasteiger partial charge in [0.15, 0.2) is 0 Å². The molecule has 10 heteroatoms. The van der Waals surface area contributed by atoms with Crippen LogP contribution in [0.15, 0.2) is 47.3 Å². The molecule has 7 nitrogen and oxygen atoms in total. The maximum absolute atomic E-state index is 13.5. The Balaban J connectivity index is 1.88. The van der Waals surface area contributed by atoms with E-state index in [1.165, 1.54) is 17.7 Å². The van der Waals surface area contributed by atoms with Crippen LogP contribution in [0.2, 0.25) is 0 Å². The average Bonchev–Trinajstić information content (AvgIpc) is 3.21. The van der Waals surface area contributed by atoms with E-state index in [1.807, 2.05) is 0 Å². The number of fused-ring (bicyclic) bond motifs is 1. The number of amides is 1. The zero-order chi connectivity index (χ0) is 23.0. The van der Waals surface area contributed by atoms with Gasteiger partial charge in [0.05, 0.1) is 29.9 Å². The molecule has 0 spiro atoms. The average molecular weight is 446 g/mol. The number of aryl methyl sites for hydroxylation is 1. The van der Waals surface area contributed by atoms with Crippen molar-refractivity contribution in [3.05, 3.63) is 64.1 Å². The minimum atomic E-state index is -4.56. The molecule has 2 heterocycles. The lowest BCUT2D eigenvalue weighted by Gasteiger charge is -2.22. The van der Waals surface area contributed by atoms with Crippen LogP contribution in [0.4, 0.5) is 23.8 Å². The topological polar surface area (TPSA) is 76.5 Å². The number of methoxy groups -OCH3 is 1. The van der Waals surface area contributed by atoms with E-state index in [0.29, 0.717) is 30.6 Å². The van der Waals surface area contributed by atoms with Crippen molar-refractivity contribution in [2.45, 2.75) is 25.6 Å². The first-order chi connectivity index (χ1) is 15.2. The van der Waals surface area contributed by atoms with Gasteiger partial charge in [-0.15, -0.1) is 0 Å². The fraction of sp³-hybridized carbons (Fsp3) is 0.318. The minimum Gasteiger partial charge on any atom is -0.453 e. The van der Waals surface area contributed by atoms with Crippen LogP contribution in [-0.4, -0.2) is 41.9 Å². The van der Waals surface area contributed by atoms with Gasteiger partial charge in [-0.3, -0.25) is 4.57 Å². The summed E-state index contributed by atoms with van der Waals surface area (Å²) in [7, 11) is 1.26. The molecule has 1 atom stereocenters. The molecule has 168 valence electrons. The molecular weight excluding hydrogens is 425 g/mol. The number of rotatable bonds is 3. The number of nitrogens with zero attached hydrogens (tertiary/aromatic N) is 3. The third-order valence-electron chi connectivity index (χ3n) is 5.55. The SMILES string of the molecule is COC(=O)N[C@H]1CCN(c2nc(=O)n(-c3ccccc3C)c3cc(C(F)(F)F)ccc23)C1. The molecule has 4 rings (SSSR count). The number of alkyl carbamates (subject to hydrolysis) is 1. The van der Waals surface area contributed by atoms with E-state index in [2.05, 4.69) is 15.0 Å². The Morgan fingerprint density at radius 3 is 2.66 bits per heavy atom. The lowest BCUT2D eigenvalue weighted by atomic mass is 10.1. The third kappa shape index (κ3) is 4.00. The van der Waals surface area contributed by atoms with E-state index < -0.39 is 23.5 Å². The summed E-state index contributed by atoms with van der Waals surface area (Å²) in [6.07, 6.45) is -4.55. The quantitative estimate of drug-likeness (QED) is 0.665. The number of halogens is 3. The molecule has 32 heavy (non-hydrogen) atoms. The van der Waals surface area contributed by atoms with Gasteiger partial charge in [-0.1, -0.05) is 18.2 Å². The van der Waals surface area contributed by atoms with Crippen LogP contribution in [0, 0.1) is 6.92 Å². The van der Waals surface area contributed by atoms with Crippen LogP contribution in [0.1, 0.15) is 17.5 Å². The molecule has 1 aliphatic rings. The largest absolute Gasteiger partial charge is 0.453 e. The Bertz CT molecular complexity index is 1240. The molecule has 1 amide bonds. The second-order valence-corrected chi connectivity index (χ2v) is 7.64. The predicted octanol–water partition coefficient (Wildman–Crippen LogP) is 3.65. The van der Waals surface area contributed by atoms with Gasteiger partial charge < -0.3 is 15.0 Å². The molecule has 1 aromatic heterocycles. The van der Waals surface area contributed by atoms with Crippen LogP contribution in [-0.2, 0) is 10.9 Å². The van der Waals surface area contributed by atoms with E-state index in [1.54, 1.807) is 36.1 Å². The summed E-state index contributed by atoms with van der Waals surface area (Å²) in [5.74, 6) is 0.290. The summed E-state index contributed by atoms with van der Waals surface area (Å²) in [4.78, 5) is 30.6. The van der Waals surface area contributed by atoms with Crippen LogP contribution in [0.3, 0.4) is 0 Å². The maximum Gasteiger partial charge on any atom is 0.416 e. The smallest absolute Gasteiger partial charge is 0.416 e. The van der Waals surface area contributed by atoms with Gasteiger partial charge >= 0.3 is 18.0 Å². The number of ether oxygens (including phenoxy) is 1. The molecule has 2 aromatic carbocycles. The molecule has 1 N–H and O–H groups in total. The van der Waals surface area contributed by atoms with Gasteiger partial charge in [-0.2, -0.15) is 18.2 Å². The molecule has 3 aromatic rings. The summed E-state index contributed by atoms with van der Waals surface area (Å²) >= 11 is 0. The van der Waals surface area contributed by atoms with E-state index >= 15 is 0 Å². The van der Waals surface area contributed by atoms with Gasteiger partial charge in [-0.05, 0) is 43.2 Å². The van der Waals surface area contributed by atoms with Crippen LogP contribution in [0.5, 0.6) is 0 Å². The molecule has 0 aliphatic carbocycles. The normalized spacial score (nSPS) is 16.4. The zero-order valence-electron chi connectivity index (χ0n) is 17.4. The number of anilines is 1. The van der Waals surface area contributed by atoms with Gasteiger partial charge in [0.2, 0.25) is 0 Å². The van der Waals surface area contributed by atoms with Gasteiger partial charge in [0.25, 0.3) is 0 Å². The Hall–Kier alpha value is -3.56. The number of carbonyl (C=O) groups is 1. The van der Waals surface area contributed by atoms with Crippen molar-refractivity contribution in [1.29, 1.82) is 0 Å². The Kier molecular flexibility index (Phi) is 5.53. The molecule has 0 unspecified atom stereocenters. The molecule has 0 radical (unpaired) electrons. The first kappa shape index (κ1) is 21.7. The first-order valence-electron chi connectivity index (χ1n) is 9.98. The van der Waals surface area contributed by atoms with Gasteiger partial charge in [0, 0.05) is 18.5 Å². The van der Waals surface area contributed by atoms with Crippen molar-refractivity contribution in [3.8, 4) is 5.69 Å². The van der Waals surface area contributed by atoms with Crippen molar-refractivity contribution >= 4 is 22.8 Å².